The first-order valence-corrected chi connectivity index (χ1v) is 7.58. The third-order valence-electron chi connectivity index (χ3n) is 4.16. The SMILES string of the molecule is NC1(c2noc(/C=C/c3cc(C(F)(F)F)cc(C(F)(F)F)c3)n2)CCC1. The summed E-state index contributed by atoms with van der Waals surface area (Å²) in [5.74, 6) is 0.214. The molecule has 0 bridgehead atoms. The van der Waals surface area contributed by atoms with Gasteiger partial charge in [-0.25, -0.2) is 0 Å². The van der Waals surface area contributed by atoms with Crippen molar-refractivity contribution in [2.75, 3.05) is 0 Å². The predicted octanol–water partition coefficient (Wildman–Crippen LogP) is 4.62. The Kier molecular flexibility index (Phi) is 4.33. The molecule has 4 nitrogen and oxygen atoms in total. The first kappa shape index (κ1) is 18.4. The van der Waals surface area contributed by atoms with Gasteiger partial charge in [0.05, 0.1) is 16.7 Å². The Morgan fingerprint density at radius 1 is 0.962 bits per heavy atom. The normalized spacial score (nSPS) is 17.5. The molecule has 0 radical (unpaired) electrons. The molecule has 2 N–H and O–H groups in total. The van der Waals surface area contributed by atoms with Gasteiger partial charge < -0.3 is 10.3 Å². The Morgan fingerprint density at radius 2 is 1.54 bits per heavy atom. The van der Waals surface area contributed by atoms with Crippen LogP contribution in [-0.4, -0.2) is 10.1 Å². The summed E-state index contributed by atoms with van der Waals surface area (Å²) in [6.07, 6.45) is -5.34. The number of benzene rings is 1. The molecule has 1 aromatic carbocycles. The van der Waals surface area contributed by atoms with Crippen LogP contribution in [0.15, 0.2) is 22.7 Å². The highest BCUT2D eigenvalue weighted by molar-refractivity contribution is 5.67. The van der Waals surface area contributed by atoms with Crippen LogP contribution in [0.5, 0.6) is 0 Å². The monoisotopic (exact) mass is 377 g/mol. The van der Waals surface area contributed by atoms with E-state index in [1.807, 2.05) is 0 Å². The highest BCUT2D eigenvalue weighted by Gasteiger charge is 2.39. The van der Waals surface area contributed by atoms with Gasteiger partial charge in [-0.05, 0) is 49.1 Å². The fraction of sp³-hybridized carbons (Fsp3) is 0.375. The maximum Gasteiger partial charge on any atom is 0.416 e. The summed E-state index contributed by atoms with van der Waals surface area (Å²) < 4.78 is 81.9. The van der Waals surface area contributed by atoms with Crippen molar-refractivity contribution in [3.63, 3.8) is 0 Å². The second-order valence-corrected chi connectivity index (χ2v) is 6.14. The average Bonchev–Trinajstić information content (AvgIpc) is 2.98. The first-order chi connectivity index (χ1) is 12.0. The summed E-state index contributed by atoms with van der Waals surface area (Å²) in [6.45, 7) is 0. The Morgan fingerprint density at radius 3 is 2.00 bits per heavy atom. The molecule has 2 aromatic rings. The van der Waals surface area contributed by atoms with Crippen LogP contribution in [0.25, 0.3) is 12.2 Å². The lowest BCUT2D eigenvalue weighted by molar-refractivity contribution is -0.143. The van der Waals surface area contributed by atoms with E-state index in [2.05, 4.69) is 10.1 Å². The fourth-order valence-electron chi connectivity index (χ4n) is 2.53. The standard InChI is InChI=1S/C16H13F6N3O/c17-15(18,19)10-6-9(7-11(8-10)16(20,21)22)2-3-12-24-13(25-26-12)14(23)4-1-5-14/h2-3,6-8H,1,4-5,23H2/b3-2+. The Balaban J connectivity index is 1.90. The first-order valence-electron chi connectivity index (χ1n) is 7.58. The third kappa shape index (κ3) is 3.74. The van der Waals surface area contributed by atoms with Crippen LogP contribution in [0.4, 0.5) is 26.3 Å². The van der Waals surface area contributed by atoms with Gasteiger partial charge in [-0.3, -0.25) is 0 Å². The zero-order valence-corrected chi connectivity index (χ0v) is 13.2. The Hall–Kier alpha value is -2.36. The van der Waals surface area contributed by atoms with Crippen LogP contribution in [0.2, 0.25) is 0 Å². The summed E-state index contributed by atoms with van der Waals surface area (Å²) in [4.78, 5) is 4.03. The lowest BCUT2D eigenvalue weighted by Gasteiger charge is -2.34. The van der Waals surface area contributed by atoms with Gasteiger partial charge in [0, 0.05) is 6.08 Å². The summed E-state index contributed by atoms with van der Waals surface area (Å²) in [7, 11) is 0. The average molecular weight is 377 g/mol. The number of rotatable bonds is 3. The molecule has 3 rings (SSSR count). The molecule has 0 atom stereocenters. The van der Waals surface area contributed by atoms with Gasteiger partial charge in [0.15, 0.2) is 5.82 Å². The van der Waals surface area contributed by atoms with Crippen LogP contribution in [-0.2, 0) is 17.9 Å². The summed E-state index contributed by atoms with van der Waals surface area (Å²) in [6, 6.07) is 1.29. The smallest absolute Gasteiger partial charge is 0.335 e. The molecule has 0 aliphatic heterocycles. The largest absolute Gasteiger partial charge is 0.416 e. The molecule has 10 heteroatoms. The van der Waals surface area contributed by atoms with Gasteiger partial charge in [0.2, 0.25) is 0 Å². The van der Waals surface area contributed by atoms with Crippen LogP contribution in [0, 0.1) is 0 Å². The maximum absolute atomic E-state index is 12.8. The lowest BCUT2D eigenvalue weighted by Crippen LogP contribution is -2.44. The molecule has 1 saturated carbocycles. The zero-order chi connectivity index (χ0) is 19.2. The van der Waals surface area contributed by atoms with Crippen LogP contribution in [0.3, 0.4) is 0 Å². The third-order valence-corrected chi connectivity index (χ3v) is 4.16. The van der Waals surface area contributed by atoms with Crippen molar-refractivity contribution < 1.29 is 30.9 Å². The number of halogens is 6. The van der Waals surface area contributed by atoms with E-state index in [0.717, 1.165) is 18.6 Å². The number of nitrogens with two attached hydrogens (primary N) is 1. The van der Waals surface area contributed by atoms with Crippen LogP contribution < -0.4 is 5.73 Å². The number of hydrogen-bond donors (Lipinski definition) is 1. The minimum absolute atomic E-state index is 0.0531. The number of hydrogen-bond acceptors (Lipinski definition) is 4. The molecule has 1 heterocycles. The van der Waals surface area contributed by atoms with Crippen molar-refractivity contribution in [2.45, 2.75) is 37.2 Å². The van der Waals surface area contributed by atoms with Crippen molar-refractivity contribution >= 4 is 12.2 Å². The Bertz CT molecular complexity index is 801. The van der Waals surface area contributed by atoms with E-state index in [-0.39, 0.29) is 23.3 Å². The Labute approximate surface area is 143 Å². The summed E-state index contributed by atoms with van der Waals surface area (Å²) in [5.41, 5.74) is 2.25. The highest BCUT2D eigenvalue weighted by Crippen LogP contribution is 2.38. The maximum atomic E-state index is 12.8. The molecule has 0 spiro atoms. The molecule has 140 valence electrons. The van der Waals surface area contributed by atoms with E-state index < -0.39 is 29.0 Å². The van der Waals surface area contributed by atoms with E-state index in [1.54, 1.807) is 0 Å². The van der Waals surface area contributed by atoms with E-state index in [0.29, 0.717) is 25.0 Å². The van der Waals surface area contributed by atoms with Gasteiger partial charge in [-0.1, -0.05) is 5.16 Å². The quantitative estimate of drug-likeness (QED) is 0.793. The van der Waals surface area contributed by atoms with E-state index >= 15 is 0 Å². The second-order valence-electron chi connectivity index (χ2n) is 6.14. The number of alkyl halides is 6. The number of aromatic nitrogens is 2. The van der Waals surface area contributed by atoms with Crippen LogP contribution in [0.1, 0.15) is 47.7 Å². The molecular weight excluding hydrogens is 364 g/mol. The lowest BCUT2D eigenvalue weighted by atomic mass is 9.77. The van der Waals surface area contributed by atoms with Crippen molar-refractivity contribution in [1.82, 2.24) is 10.1 Å². The van der Waals surface area contributed by atoms with Crippen molar-refractivity contribution in [3.05, 3.63) is 46.6 Å². The minimum Gasteiger partial charge on any atom is -0.335 e. The van der Waals surface area contributed by atoms with Gasteiger partial charge in [0.1, 0.15) is 0 Å². The summed E-state index contributed by atoms with van der Waals surface area (Å²) >= 11 is 0. The van der Waals surface area contributed by atoms with Gasteiger partial charge in [-0.2, -0.15) is 31.3 Å². The molecule has 1 aliphatic rings. The van der Waals surface area contributed by atoms with Crippen molar-refractivity contribution in [3.8, 4) is 0 Å². The second kappa shape index (κ2) is 6.11. The molecule has 0 unspecified atom stereocenters. The molecule has 1 aliphatic carbocycles. The van der Waals surface area contributed by atoms with Crippen LogP contribution >= 0.6 is 0 Å². The molecule has 1 aromatic heterocycles. The molecular formula is C16H13F6N3O. The fourth-order valence-corrected chi connectivity index (χ4v) is 2.53. The highest BCUT2D eigenvalue weighted by atomic mass is 19.4. The molecule has 1 fully saturated rings. The number of nitrogens with zero attached hydrogens (tertiary/aromatic N) is 2. The van der Waals surface area contributed by atoms with Gasteiger partial charge >= 0.3 is 12.4 Å². The van der Waals surface area contributed by atoms with Crippen molar-refractivity contribution in [2.24, 2.45) is 5.73 Å². The zero-order valence-electron chi connectivity index (χ0n) is 13.2. The van der Waals surface area contributed by atoms with Gasteiger partial charge in [0.25, 0.3) is 5.89 Å². The topological polar surface area (TPSA) is 64.9 Å². The molecule has 0 amide bonds. The van der Waals surface area contributed by atoms with E-state index in [9.17, 15) is 26.3 Å². The minimum atomic E-state index is -4.91. The van der Waals surface area contributed by atoms with E-state index in [1.165, 1.54) is 0 Å². The summed E-state index contributed by atoms with van der Waals surface area (Å²) in [5, 5.41) is 3.71. The van der Waals surface area contributed by atoms with E-state index in [4.69, 9.17) is 10.3 Å². The molecule has 26 heavy (non-hydrogen) atoms. The van der Waals surface area contributed by atoms with Crippen molar-refractivity contribution in [1.29, 1.82) is 0 Å². The molecule has 0 saturated heterocycles. The van der Waals surface area contributed by atoms with Gasteiger partial charge in [-0.15, -0.1) is 0 Å². The predicted molar refractivity (Wildman–Crippen MR) is 79.4 cm³/mol.